The Balaban J connectivity index is 1.58. The fourth-order valence-electron chi connectivity index (χ4n) is 3.13. The number of para-hydroxylation sites is 1. The molecule has 162 valence electrons. The van der Waals surface area contributed by atoms with Gasteiger partial charge in [0.25, 0.3) is 11.8 Å². The number of halogens is 1. The van der Waals surface area contributed by atoms with Crippen LogP contribution in [0.1, 0.15) is 26.6 Å². The second-order valence-electron chi connectivity index (χ2n) is 6.70. The summed E-state index contributed by atoms with van der Waals surface area (Å²) in [6.07, 6.45) is 4.82. The number of benzene rings is 2. The van der Waals surface area contributed by atoms with Crippen LogP contribution in [0.2, 0.25) is 0 Å². The molecule has 4 aromatic rings. The van der Waals surface area contributed by atoms with Gasteiger partial charge in [0.15, 0.2) is 5.16 Å². The summed E-state index contributed by atoms with van der Waals surface area (Å²) in [5.41, 5.74) is 1.52. The molecule has 0 unspecified atom stereocenters. The van der Waals surface area contributed by atoms with E-state index in [0.717, 1.165) is 0 Å². The molecule has 4 rings (SSSR count). The number of carbonyl (C=O) groups excluding carboxylic acids is 2. The quantitative estimate of drug-likeness (QED) is 0.405. The topological polar surface area (TPSA) is 89.2 Å². The summed E-state index contributed by atoms with van der Waals surface area (Å²) in [7, 11) is 0. The predicted molar refractivity (Wildman–Crippen MR) is 120 cm³/mol. The number of amides is 2. The van der Waals surface area contributed by atoms with Crippen molar-refractivity contribution in [1.29, 1.82) is 0 Å². The van der Waals surface area contributed by atoms with Crippen LogP contribution in [0.5, 0.6) is 0 Å². The van der Waals surface area contributed by atoms with Crippen LogP contribution in [0.3, 0.4) is 0 Å². The molecule has 2 amide bonds. The first-order valence-corrected chi connectivity index (χ1v) is 10.9. The maximum absolute atomic E-state index is 13.4. The summed E-state index contributed by atoms with van der Waals surface area (Å²) < 4.78 is 20.2. The molecule has 32 heavy (non-hydrogen) atoms. The van der Waals surface area contributed by atoms with E-state index in [1.807, 2.05) is 6.26 Å². The van der Waals surface area contributed by atoms with Crippen molar-refractivity contribution in [1.82, 2.24) is 14.9 Å². The van der Waals surface area contributed by atoms with Gasteiger partial charge in [-0.1, -0.05) is 23.9 Å². The van der Waals surface area contributed by atoms with Crippen molar-refractivity contribution < 1.29 is 18.4 Å². The monoisotopic (exact) mass is 450 g/mol. The largest absolute Gasteiger partial charge is 0.467 e. The maximum atomic E-state index is 13.4. The van der Waals surface area contributed by atoms with Crippen LogP contribution in [0, 0.1) is 5.82 Å². The Labute approximate surface area is 187 Å². The van der Waals surface area contributed by atoms with Crippen LogP contribution in [-0.4, -0.2) is 27.6 Å². The molecular weight excluding hydrogens is 431 g/mol. The van der Waals surface area contributed by atoms with Gasteiger partial charge in [-0.2, -0.15) is 0 Å². The van der Waals surface area contributed by atoms with Gasteiger partial charge in [0.2, 0.25) is 0 Å². The van der Waals surface area contributed by atoms with Crippen molar-refractivity contribution in [2.24, 2.45) is 0 Å². The van der Waals surface area contributed by atoms with Crippen LogP contribution < -0.4 is 10.6 Å². The van der Waals surface area contributed by atoms with Crippen molar-refractivity contribution >= 4 is 29.3 Å². The zero-order chi connectivity index (χ0) is 22.5. The summed E-state index contributed by atoms with van der Waals surface area (Å²) in [6.45, 7) is 0.225. The van der Waals surface area contributed by atoms with Crippen LogP contribution in [-0.2, 0) is 6.54 Å². The van der Waals surface area contributed by atoms with Crippen molar-refractivity contribution in [2.45, 2.75) is 11.7 Å². The molecule has 0 saturated heterocycles. The van der Waals surface area contributed by atoms with Gasteiger partial charge >= 0.3 is 0 Å². The lowest BCUT2D eigenvalue weighted by Crippen LogP contribution is -2.25. The zero-order valence-electron chi connectivity index (χ0n) is 17.0. The number of imidazole rings is 1. The number of hydrogen-bond donors (Lipinski definition) is 2. The molecule has 2 aromatic heterocycles. The van der Waals surface area contributed by atoms with Crippen LogP contribution in [0.15, 0.2) is 82.7 Å². The number of rotatable bonds is 7. The minimum Gasteiger partial charge on any atom is -0.467 e. The van der Waals surface area contributed by atoms with Crippen molar-refractivity contribution in [3.8, 4) is 5.69 Å². The van der Waals surface area contributed by atoms with E-state index in [4.69, 9.17) is 4.42 Å². The number of hydrogen-bond acceptors (Lipinski definition) is 5. The van der Waals surface area contributed by atoms with Crippen LogP contribution in [0.25, 0.3) is 5.69 Å². The van der Waals surface area contributed by atoms with Crippen LogP contribution in [0.4, 0.5) is 10.1 Å². The van der Waals surface area contributed by atoms with E-state index >= 15 is 0 Å². The van der Waals surface area contributed by atoms with Crippen molar-refractivity contribution in [2.75, 3.05) is 11.6 Å². The molecule has 0 fully saturated rings. The first kappa shape index (κ1) is 21.4. The number of nitrogens with one attached hydrogen (secondary N) is 2. The highest BCUT2D eigenvalue weighted by molar-refractivity contribution is 7.98. The number of furan rings is 1. The molecular formula is C23H19FN4O3S. The molecule has 0 saturated carbocycles. The first-order valence-electron chi connectivity index (χ1n) is 9.65. The molecule has 2 N–H and O–H groups in total. The lowest BCUT2D eigenvalue weighted by Gasteiger charge is -2.13. The van der Waals surface area contributed by atoms with Gasteiger partial charge in [0.1, 0.15) is 17.3 Å². The van der Waals surface area contributed by atoms with Gasteiger partial charge in [-0.3, -0.25) is 14.2 Å². The molecule has 2 aromatic carbocycles. The molecule has 2 heterocycles. The molecule has 0 aliphatic heterocycles. The minimum absolute atomic E-state index is 0.225. The third-order valence-electron chi connectivity index (χ3n) is 4.65. The van der Waals surface area contributed by atoms with Gasteiger partial charge < -0.3 is 15.1 Å². The van der Waals surface area contributed by atoms with E-state index in [9.17, 15) is 14.0 Å². The third kappa shape index (κ3) is 4.57. The number of nitrogens with zero attached hydrogens (tertiary/aromatic N) is 2. The van der Waals surface area contributed by atoms with Gasteiger partial charge in [-0.15, -0.1) is 0 Å². The summed E-state index contributed by atoms with van der Waals surface area (Å²) in [5.74, 6) is -0.560. The van der Waals surface area contributed by atoms with E-state index in [-0.39, 0.29) is 24.0 Å². The highest BCUT2D eigenvalue weighted by atomic mass is 32.2. The Morgan fingerprint density at radius 2 is 1.84 bits per heavy atom. The molecule has 0 atom stereocenters. The average Bonchev–Trinajstić information content (AvgIpc) is 3.48. The normalized spacial score (nSPS) is 10.7. The van der Waals surface area contributed by atoms with Crippen molar-refractivity contribution in [3.05, 3.63) is 96.0 Å². The molecule has 0 aliphatic rings. The minimum atomic E-state index is -0.451. The van der Waals surface area contributed by atoms with E-state index in [0.29, 0.717) is 27.9 Å². The van der Waals surface area contributed by atoms with Crippen LogP contribution >= 0.6 is 11.8 Å². The Bertz CT molecular complexity index is 1240. The highest BCUT2D eigenvalue weighted by Crippen LogP contribution is 2.24. The summed E-state index contributed by atoms with van der Waals surface area (Å²) >= 11 is 1.36. The second kappa shape index (κ2) is 9.52. The first-order chi connectivity index (χ1) is 15.6. The van der Waals surface area contributed by atoms with Gasteiger partial charge in [0, 0.05) is 5.69 Å². The summed E-state index contributed by atoms with van der Waals surface area (Å²) in [5, 5.41) is 6.14. The summed E-state index contributed by atoms with van der Waals surface area (Å²) in [4.78, 5) is 30.1. The Kier molecular flexibility index (Phi) is 6.37. The van der Waals surface area contributed by atoms with E-state index in [2.05, 4.69) is 15.6 Å². The molecule has 7 nitrogen and oxygen atoms in total. The standard InChI is InChI=1S/C23H19FN4O3S/c1-32-23-26-14-20(28(23)16-10-8-15(24)9-11-16)22(30)27-19-7-3-2-6-18(19)21(29)25-13-17-5-4-12-31-17/h2-12,14H,13H2,1H3,(H,25,29)(H,27,30). The second-order valence-corrected chi connectivity index (χ2v) is 7.48. The number of thioether (sulfide) groups is 1. The van der Waals surface area contributed by atoms with E-state index in [1.54, 1.807) is 53.1 Å². The van der Waals surface area contributed by atoms with E-state index < -0.39 is 5.91 Å². The summed E-state index contributed by atoms with van der Waals surface area (Å²) in [6, 6.07) is 16.0. The lowest BCUT2D eigenvalue weighted by molar-refractivity contribution is 0.0949. The fraction of sp³-hybridized carbons (Fsp3) is 0.0870. The maximum Gasteiger partial charge on any atom is 0.274 e. The SMILES string of the molecule is CSc1ncc(C(=O)Nc2ccccc2C(=O)NCc2ccco2)n1-c1ccc(F)cc1. The predicted octanol–water partition coefficient (Wildman–Crippen LogP) is 4.51. The molecule has 0 radical (unpaired) electrons. The van der Waals surface area contributed by atoms with Gasteiger partial charge in [-0.25, -0.2) is 9.37 Å². The zero-order valence-corrected chi connectivity index (χ0v) is 17.9. The average molecular weight is 450 g/mol. The van der Waals surface area contributed by atoms with E-state index in [1.165, 1.54) is 36.4 Å². The third-order valence-corrected chi connectivity index (χ3v) is 5.31. The lowest BCUT2D eigenvalue weighted by atomic mass is 10.1. The van der Waals surface area contributed by atoms with Gasteiger partial charge in [0.05, 0.1) is 30.3 Å². The fourth-order valence-corrected chi connectivity index (χ4v) is 3.68. The molecule has 0 bridgehead atoms. The number of anilines is 1. The van der Waals surface area contributed by atoms with Gasteiger partial charge in [-0.05, 0) is 54.8 Å². The molecule has 0 aliphatic carbocycles. The van der Waals surface area contributed by atoms with Crippen molar-refractivity contribution in [3.63, 3.8) is 0 Å². The smallest absolute Gasteiger partial charge is 0.274 e. The Morgan fingerprint density at radius 1 is 1.06 bits per heavy atom. The Morgan fingerprint density at radius 3 is 2.56 bits per heavy atom. The number of aromatic nitrogens is 2. The Hall–Kier alpha value is -3.85. The highest BCUT2D eigenvalue weighted by Gasteiger charge is 2.20. The number of carbonyl (C=O) groups is 2. The molecule has 0 spiro atoms. The molecule has 9 heteroatoms.